The van der Waals surface area contributed by atoms with Crippen LogP contribution in [0.2, 0.25) is 5.02 Å². The zero-order chi connectivity index (χ0) is 25.2. The number of anilines is 1. The van der Waals surface area contributed by atoms with Gasteiger partial charge in [-0.15, -0.1) is 5.10 Å². The van der Waals surface area contributed by atoms with Gasteiger partial charge in [0.25, 0.3) is 5.91 Å². The van der Waals surface area contributed by atoms with Crippen molar-refractivity contribution in [2.24, 2.45) is 0 Å². The molecule has 0 bridgehead atoms. The normalized spacial score (nSPS) is 12.3. The number of carbonyl (C=O) groups excluding carboxylic acids is 2. The van der Waals surface area contributed by atoms with Crippen LogP contribution >= 0.6 is 11.6 Å². The second-order valence-electron chi connectivity index (χ2n) is 6.95. The van der Waals surface area contributed by atoms with Gasteiger partial charge in [-0.25, -0.2) is 9.18 Å². The third-order valence-electron chi connectivity index (χ3n) is 4.73. The molecule has 2 aromatic carbocycles. The Morgan fingerprint density at radius 2 is 2.00 bits per heavy atom. The fourth-order valence-electron chi connectivity index (χ4n) is 2.95. The zero-order valence-electron chi connectivity index (χ0n) is 17.7. The number of aromatic nitrogens is 3. The van der Waals surface area contributed by atoms with E-state index in [1.807, 2.05) is 0 Å². The van der Waals surface area contributed by atoms with Crippen molar-refractivity contribution in [1.29, 1.82) is 0 Å². The molecular weight excluding hydrogens is 484 g/mol. The molecule has 0 aliphatic carbocycles. The van der Waals surface area contributed by atoms with E-state index in [1.165, 1.54) is 18.2 Å². The van der Waals surface area contributed by atoms with E-state index in [9.17, 15) is 31.9 Å². The summed E-state index contributed by atoms with van der Waals surface area (Å²) in [5.74, 6) is -2.63. The van der Waals surface area contributed by atoms with Gasteiger partial charge in [0.05, 0.1) is 22.0 Å². The number of amides is 1. The van der Waals surface area contributed by atoms with Gasteiger partial charge >= 0.3 is 11.9 Å². The van der Waals surface area contributed by atoms with Gasteiger partial charge in [0.15, 0.2) is 18.2 Å². The second-order valence-corrected chi connectivity index (χ2v) is 7.35. The molecule has 0 radical (unpaired) electrons. The van der Waals surface area contributed by atoms with Crippen LogP contribution in [-0.2, 0) is 6.54 Å². The Morgan fingerprint density at radius 3 is 2.56 bits per heavy atom. The quantitative estimate of drug-likeness (QED) is 0.387. The molecule has 180 valence electrons. The highest BCUT2D eigenvalue weighted by Crippen LogP contribution is 2.31. The van der Waals surface area contributed by atoms with E-state index < -0.39 is 41.0 Å². The van der Waals surface area contributed by atoms with Crippen LogP contribution in [0.3, 0.4) is 0 Å². The minimum atomic E-state index is -4.77. The molecule has 1 heterocycles. The highest BCUT2D eigenvalue weighted by atomic mass is 35.5. The number of nitrogens with one attached hydrogen (secondary N) is 1. The fraction of sp³-hybridized carbons (Fsp3) is 0.238. The summed E-state index contributed by atoms with van der Waals surface area (Å²) in [5, 5.41) is 5.93. The third kappa shape index (κ3) is 4.96. The number of hydrogen-bond donors (Lipinski definition) is 1. The summed E-state index contributed by atoms with van der Waals surface area (Å²) in [6.45, 7) is 2.44. The summed E-state index contributed by atoms with van der Waals surface area (Å²) in [5.41, 5.74) is -1.56. The molecule has 0 unspecified atom stereocenters. The van der Waals surface area contributed by atoms with Crippen LogP contribution in [0.1, 0.15) is 34.8 Å². The average Bonchev–Trinajstić information content (AvgIpc) is 3.10. The molecule has 13 heteroatoms. The Labute approximate surface area is 194 Å². The van der Waals surface area contributed by atoms with Crippen LogP contribution in [0.4, 0.5) is 23.2 Å². The summed E-state index contributed by atoms with van der Waals surface area (Å²) in [6, 6.07) is 6.94. The topological polar surface area (TPSA) is 95.2 Å². The van der Waals surface area contributed by atoms with Gasteiger partial charge in [0.1, 0.15) is 11.6 Å². The predicted octanol–water partition coefficient (Wildman–Crippen LogP) is 4.24. The van der Waals surface area contributed by atoms with Crippen molar-refractivity contribution in [2.45, 2.75) is 32.7 Å². The molecule has 8 nitrogen and oxygen atoms in total. The van der Waals surface area contributed by atoms with Crippen molar-refractivity contribution in [3.63, 3.8) is 0 Å². The minimum absolute atomic E-state index is 0.0647. The molecule has 0 saturated heterocycles. The molecule has 34 heavy (non-hydrogen) atoms. The van der Waals surface area contributed by atoms with Gasteiger partial charge in [-0.3, -0.25) is 14.2 Å². The first-order valence-electron chi connectivity index (χ1n) is 9.76. The maximum Gasteiger partial charge on any atom is 0.425 e. The number of benzene rings is 2. The lowest BCUT2D eigenvalue weighted by Gasteiger charge is -2.20. The molecule has 0 saturated carbocycles. The van der Waals surface area contributed by atoms with E-state index in [4.69, 9.17) is 16.3 Å². The monoisotopic (exact) mass is 500 g/mol. The molecule has 3 rings (SSSR count). The van der Waals surface area contributed by atoms with Crippen molar-refractivity contribution < 1.29 is 31.9 Å². The Bertz CT molecular complexity index is 1280. The lowest BCUT2D eigenvalue weighted by atomic mass is 10.1. The average molecular weight is 501 g/mol. The molecule has 1 N–H and O–H groups in total. The molecule has 1 aromatic heterocycles. The van der Waals surface area contributed by atoms with Gasteiger partial charge in [0, 0.05) is 12.6 Å². The summed E-state index contributed by atoms with van der Waals surface area (Å²) in [7, 11) is 0. The molecule has 0 fully saturated rings. The van der Waals surface area contributed by atoms with Crippen molar-refractivity contribution in [1.82, 2.24) is 14.3 Å². The highest BCUT2D eigenvalue weighted by Gasteiger charge is 2.38. The van der Waals surface area contributed by atoms with Crippen molar-refractivity contribution in [3.05, 3.63) is 69.1 Å². The molecule has 0 aliphatic rings. The number of rotatable bonds is 7. The van der Waals surface area contributed by atoms with Crippen molar-refractivity contribution >= 4 is 29.5 Å². The first kappa shape index (κ1) is 25.0. The summed E-state index contributed by atoms with van der Waals surface area (Å²) < 4.78 is 60.4. The summed E-state index contributed by atoms with van der Waals surface area (Å²) >= 11 is 5.90. The number of hydrogen-bond acceptors (Lipinski definition) is 5. The number of nitrogens with zero attached hydrogens (tertiary/aromatic N) is 3. The van der Waals surface area contributed by atoms with Crippen LogP contribution in [0.15, 0.2) is 41.2 Å². The second kappa shape index (κ2) is 9.67. The summed E-state index contributed by atoms with van der Waals surface area (Å²) in [4.78, 5) is 36.6. The Morgan fingerprint density at radius 1 is 1.29 bits per heavy atom. The molecular formula is C21H17ClF4N4O4. The largest absolute Gasteiger partial charge is 0.480 e. The smallest absolute Gasteiger partial charge is 0.425 e. The lowest BCUT2D eigenvalue weighted by Crippen LogP contribution is -2.32. The van der Waals surface area contributed by atoms with Crippen molar-refractivity contribution in [2.75, 3.05) is 5.32 Å². The maximum absolute atomic E-state index is 14.1. The van der Waals surface area contributed by atoms with Crippen LogP contribution in [-0.4, -0.2) is 38.8 Å². The van der Waals surface area contributed by atoms with Crippen LogP contribution < -0.4 is 15.7 Å². The van der Waals surface area contributed by atoms with Gasteiger partial charge in [-0.2, -0.15) is 17.9 Å². The highest BCUT2D eigenvalue weighted by molar-refractivity contribution is 6.34. The Hall–Kier alpha value is -3.67. The van der Waals surface area contributed by atoms with E-state index in [1.54, 1.807) is 6.92 Å². The molecule has 1 amide bonds. The van der Waals surface area contributed by atoms with Crippen LogP contribution in [0.25, 0.3) is 5.69 Å². The number of aldehydes is 1. The van der Waals surface area contributed by atoms with E-state index in [0.29, 0.717) is 6.29 Å². The van der Waals surface area contributed by atoms with E-state index in [-0.39, 0.29) is 28.8 Å². The first-order valence-corrected chi connectivity index (χ1v) is 10.1. The van der Waals surface area contributed by atoms with Crippen molar-refractivity contribution in [3.8, 4) is 11.4 Å². The van der Waals surface area contributed by atoms with E-state index in [0.717, 1.165) is 34.4 Å². The molecule has 1 atom stereocenters. The van der Waals surface area contributed by atoms with Gasteiger partial charge < -0.3 is 10.1 Å². The van der Waals surface area contributed by atoms with Crippen LogP contribution in [0, 0.1) is 5.82 Å². The number of alkyl halides is 3. The maximum atomic E-state index is 14.1. The molecule has 0 spiro atoms. The predicted molar refractivity (Wildman–Crippen MR) is 114 cm³/mol. The SMILES string of the molecule is CCn1c(C=O)nn(-c2ccc(C(=O)Nc3c(F)cccc3Cl)c(O[C@@H](C)C(F)(F)F)c2)c1=O. The first-order chi connectivity index (χ1) is 16.0. The number of halogens is 5. The summed E-state index contributed by atoms with van der Waals surface area (Å²) in [6.07, 6.45) is -6.75. The zero-order valence-corrected chi connectivity index (χ0v) is 18.4. The minimum Gasteiger partial charge on any atom is -0.480 e. The number of carbonyl (C=O) groups is 2. The van der Waals surface area contributed by atoms with E-state index >= 15 is 0 Å². The third-order valence-corrected chi connectivity index (χ3v) is 5.05. The van der Waals surface area contributed by atoms with Crippen LogP contribution in [0.5, 0.6) is 5.75 Å². The Balaban J connectivity index is 2.10. The van der Waals surface area contributed by atoms with Gasteiger partial charge in [0.2, 0.25) is 0 Å². The van der Waals surface area contributed by atoms with Gasteiger partial charge in [-0.05, 0) is 38.1 Å². The standard InChI is InChI=1S/C21H17ClF4N4O4/c1-3-29-17(10-31)28-30(20(29)33)12-7-8-13(16(9-12)34-11(2)21(24,25)26)19(32)27-18-14(22)5-4-6-15(18)23/h4-11H,3H2,1-2H3,(H,27,32)/t11-/m0/s1. The molecule has 0 aliphatic heterocycles. The Kier molecular flexibility index (Phi) is 7.10. The fourth-order valence-corrected chi connectivity index (χ4v) is 3.16. The number of ether oxygens (including phenoxy) is 1. The number of para-hydroxylation sites is 1. The van der Waals surface area contributed by atoms with E-state index in [2.05, 4.69) is 10.4 Å². The lowest BCUT2D eigenvalue weighted by molar-refractivity contribution is -0.189. The van der Waals surface area contributed by atoms with Gasteiger partial charge in [-0.1, -0.05) is 17.7 Å². The molecule has 3 aromatic rings.